The number of hydrogen-bond acceptors (Lipinski definition) is 3. The Morgan fingerprint density at radius 2 is 2.08 bits per heavy atom. The van der Waals surface area contributed by atoms with Gasteiger partial charge in [-0.05, 0) is 12.5 Å². The van der Waals surface area contributed by atoms with E-state index < -0.39 is 6.10 Å². The normalized spacial score (nSPS) is 40.2. The van der Waals surface area contributed by atoms with Gasteiger partial charge in [-0.15, -0.1) is 0 Å². The zero-order valence-electron chi connectivity index (χ0n) is 6.56. The van der Waals surface area contributed by atoms with Gasteiger partial charge in [0.2, 0.25) is 0 Å². The summed E-state index contributed by atoms with van der Waals surface area (Å²) in [4.78, 5) is 22.2. The number of ketones is 2. The molecule has 3 heteroatoms. The standard InChI is InChI=1S/C9H10O3/c10-5-1-2-8(11)7-4-9(12)6(7)3-5/h1-2,5-7,10H,3-4H2/t5-,6+,7+/m0/s1. The van der Waals surface area contributed by atoms with Gasteiger partial charge in [0.1, 0.15) is 5.78 Å². The molecule has 0 aromatic rings. The van der Waals surface area contributed by atoms with Crippen LogP contribution in [0.15, 0.2) is 12.2 Å². The minimum atomic E-state index is -0.617. The van der Waals surface area contributed by atoms with Crippen molar-refractivity contribution >= 4 is 11.6 Å². The summed E-state index contributed by atoms with van der Waals surface area (Å²) in [5.74, 6) is -0.222. The number of hydrogen-bond donors (Lipinski definition) is 1. The van der Waals surface area contributed by atoms with Gasteiger partial charge < -0.3 is 5.11 Å². The molecule has 0 spiro atoms. The van der Waals surface area contributed by atoms with Gasteiger partial charge in [-0.25, -0.2) is 0 Å². The maximum atomic E-state index is 11.2. The van der Waals surface area contributed by atoms with Gasteiger partial charge >= 0.3 is 0 Å². The van der Waals surface area contributed by atoms with E-state index in [0.717, 1.165) is 0 Å². The lowest BCUT2D eigenvalue weighted by molar-refractivity contribution is -0.142. The van der Waals surface area contributed by atoms with E-state index in [1.165, 1.54) is 12.2 Å². The molecule has 0 aliphatic heterocycles. The summed E-state index contributed by atoms with van der Waals surface area (Å²) in [6, 6.07) is 0. The van der Waals surface area contributed by atoms with Crippen molar-refractivity contribution in [3.63, 3.8) is 0 Å². The minimum Gasteiger partial charge on any atom is -0.389 e. The second kappa shape index (κ2) is 2.52. The molecule has 3 nitrogen and oxygen atoms in total. The summed E-state index contributed by atoms with van der Waals surface area (Å²) in [7, 11) is 0. The highest BCUT2D eigenvalue weighted by atomic mass is 16.3. The van der Waals surface area contributed by atoms with Crippen molar-refractivity contribution in [1.29, 1.82) is 0 Å². The molecule has 1 fully saturated rings. The number of Topliss-reactive ketones (excluding diaryl/α,β-unsaturated/α-hetero) is 1. The van der Waals surface area contributed by atoms with Crippen molar-refractivity contribution in [2.24, 2.45) is 11.8 Å². The van der Waals surface area contributed by atoms with E-state index in [0.29, 0.717) is 12.8 Å². The molecule has 2 rings (SSSR count). The fraction of sp³-hybridized carbons (Fsp3) is 0.556. The van der Waals surface area contributed by atoms with Gasteiger partial charge in [-0.1, -0.05) is 6.08 Å². The number of carbonyl (C=O) groups is 2. The predicted octanol–water partition coefficient (Wildman–Crippen LogP) is 0.0815. The Kier molecular flexibility index (Phi) is 1.61. The van der Waals surface area contributed by atoms with E-state index in [1.807, 2.05) is 0 Å². The average molecular weight is 166 g/mol. The van der Waals surface area contributed by atoms with Crippen LogP contribution in [0.2, 0.25) is 0 Å². The third kappa shape index (κ3) is 1.01. The van der Waals surface area contributed by atoms with Crippen molar-refractivity contribution in [1.82, 2.24) is 0 Å². The van der Waals surface area contributed by atoms with E-state index in [9.17, 15) is 14.7 Å². The van der Waals surface area contributed by atoms with Crippen LogP contribution in [0.5, 0.6) is 0 Å². The van der Waals surface area contributed by atoms with E-state index in [2.05, 4.69) is 0 Å². The Hall–Kier alpha value is -0.960. The van der Waals surface area contributed by atoms with Crippen molar-refractivity contribution in [2.75, 3.05) is 0 Å². The molecule has 0 aromatic heterocycles. The van der Waals surface area contributed by atoms with Crippen molar-refractivity contribution in [2.45, 2.75) is 18.9 Å². The molecule has 0 bridgehead atoms. The second-order valence-corrected chi connectivity index (χ2v) is 3.45. The number of rotatable bonds is 0. The smallest absolute Gasteiger partial charge is 0.159 e. The molecule has 0 aromatic carbocycles. The molecule has 1 N–H and O–H groups in total. The molecule has 0 radical (unpaired) electrons. The number of carbonyl (C=O) groups excluding carboxylic acids is 2. The highest BCUT2D eigenvalue weighted by Gasteiger charge is 2.44. The van der Waals surface area contributed by atoms with Crippen LogP contribution in [-0.4, -0.2) is 22.8 Å². The molecule has 0 amide bonds. The van der Waals surface area contributed by atoms with Crippen LogP contribution in [0.3, 0.4) is 0 Å². The summed E-state index contributed by atoms with van der Waals surface area (Å²) >= 11 is 0. The van der Waals surface area contributed by atoms with Crippen molar-refractivity contribution in [3.05, 3.63) is 12.2 Å². The maximum absolute atomic E-state index is 11.2. The monoisotopic (exact) mass is 166 g/mol. The molecule has 0 unspecified atom stereocenters. The first-order valence-corrected chi connectivity index (χ1v) is 4.11. The Morgan fingerprint density at radius 1 is 1.33 bits per heavy atom. The van der Waals surface area contributed by atoms with Gasteiger partial charge in [-0.3, -0.25) is 9.59 Å². The molecule has 3 atom stereocenters. The summed E-state index contributed by atoms with van der Waals surface area (Å²) in [5, 5.41) is 9.26. The van der Waals surface area contributed by atoms with Gasteiger partial charge in [0, 0.05) is 18.3 Å². The van der Waals surface area contributed by atoms with Crippen molar-refractivity contribution in [3.8, 4) is 0 Å². The fourth-order valence-electron chi connectivity index (χ4n) is 1.84. The van der Waals surface area contributed by atoms with Crippen LogP contribution in [0.4, 0.5) is 0 Å². The van der Waals surface area contributed by atoms with Gasteiger partial charge in [-0.2, -0.15) is 0 Å². The summed E-state index contributed by atoms with van der Waals surface area (Å²) in [5.41, 5.74) is 0. The van der Waals surface area contributed by atoms with Crippen LogP contribution in [-0.2, 0) is 9.59 Å². The van der Waals surface area contributed by atoms with Gasteiger partial charge in [0.25, 0.3) is 0 Å². The summed E-state index contributed by atoms with van der Waals surface area (Å²) in [6.07, 6.45) is 3.07. The summed E-state index contributed by atoms with van der Waals surface area (Å²) < 4.78 is 0. The lowest BCUT2D eigenvalue weighted by Gasteiger charge is -2.32. The van der Waals surface area contributed by atoms with Gasteiger partial charge in [0.05, 0.1) is 6.10 Å². The molecular weight excluding hydrogens is 156 g/mol. The Balaban J connectivity index is 2.20. The predicted molar refractivity (Wildman–Crippen MR) is 41.4 cm³/mol. The van der Waals surface area contributed by atoms with Crippen LogP contribution in [0, 0.1) is 11.8 Å². The molecule has 0 saturated heterocycles. The fourth-order valence-corrected chi connectivity index (χ4v) is 1.84. The SMILES string of the molecule is O=C1C=C[C@H](O)C[C@H]2C(=O)C[C@@H]12. The summed E-state index contributed by atoms with van der Waals surface area (Å²) in [6.45, 7) is 0. The molecule has 2 aliphatic carbocycles. The molecule has 1 saturated carbocycles. The van der Waals surface area contributed by atoms with Gasteiger partial charge in [0.15, 0.2) is 5.78 Å². The molecular formula is C9H10O3. The largest absolute Gasteiger partial charge is 0.389 e. The molecule has 0 heterocycles. The molecule has 12 heavy (non-hydrogen) atoms. The van der Waals surface area contributed by atoms with Crippen molar-refractivity contribution < 1.29 is 14.7 Å². The average Bonchev–Trinajstić information content (AvgIpc) is 2.14. The number of allylic oxidation sites excluding steroid dienone is 1. The second-order valence-electron chi connectivity index (χ2n) is 3.45. The topological polar surface area (TPSA) is 54.4 Å². The van der Waals surface area contributed by atoms with Crippen LogP contribution < -0.4 is 0 Å². The molecule has 2 aliphatic rings. The van der Waals surface area contributed by atoms with E-state index in [-0.39, 0.29) is 23.4 Å². The van der Waals surface area contributed by atoms with Crippen LogP contribution in [0.25, 0.3) is 0 Å². The maximum Gasteiger partial charge on any atom is 0.159 e. The Bertz CT molecular complexity index is 267. The lowest BCUT2D eigenvalue weighted by atomic mass is 9.69. The first-order valence-electron chi connectivity index (χ1n) is 4.11. The van der Waals surface area contributed by atoms with E-state index in [4.69, 9.17) is 0 Å². The zero-order valence-corrected chi connectivity index (χ0v) is 6.56. The number of aliphatic hydroxyl groups excluding tert-OH is 1. The first kappa shape index (κ1) is 7.68. The van der Waals surface area contributed by atoms with E-state index >= 15 is 0 Å². The number of aliphatic hydroxyl groups is 1. The number of fused-ring (bicyclic) bond motifs is 1. The first-order chi connectivity index (χ1) is 5.68. The highest BCUT2D eigenvalue weighted by Crippen LogP contribution is 2.36. The minimum absolute atomic E-state index is 0.00356. The van der Waals surface area contributed by atoms with Crippen LogP contribution in [0.1, 0.15) is 12.8 Å². The third-order valence-corrected chi connectivity index (χ3v) is 2.66. The van der Waals surface area contributed by atoms with E-state index in [1.54, 1.807) is 0 Å². The zero-order chi connectivity index (χ0) is 8.72. The Morgan fingerprint density at radius 3 is 2.75 bits per heavy atom. The highest BCUT2D eigenvalue weighted by molar-refractivity contribution is 6.04. The third-order valence-electron chi connectivity index (χ3n) is 2.66. The quantitative estimate of drug-likeness (QED) is 0.554. The lowest BCUT2D eigenvalue weighted by Crippen LogP contribution is -2.41. The molecule has 64 valence electrons. The van der Waals surface area contributed by atoms with Crippen LogP contribution >= 0.6 is 0 Å². The Labute approximate surface area is 70.1 Å².